The van der Waals surface area contributed by atoms with Crippen LogP contribution in [0.2, 0.25) is 0 Å². The molecule has 1 aromatic heterocycles. The van der Waals surface area contributed by atoms with E-state index in [0.717, 1.165) is 32.1 Å². The minimum atomic E-state index is -1.25. The number of carbonyl (C=O) groups excluding carboxylic acids is 1. The van der Waals surface area contributed by atoms with Crippen molar-refractivity contribution in [2.24, 2.45) is 46.3 Å². The molecular formula is C33H53FN4O6. The zero-order chi connectivity index (χ0) is 32.7. The van der Waals surface area contributed by atoms with Gasteiger partial charge in [-0.1, -0.05) is 26.0 Å². The van der Waals surface area contributed by atoms with Gasteiger partial charge in [0.05, 0.1) is 32.1 Å². The summed E-state index contributed by atoms with van der Waals surface area (Å²) in [5, 5.41) is 53.9. The number of rotatable bonds is 12. The van der Waals surface area contributed by atoms with Crippen LogP contribution in [0.1, 0.15) is 98.5 Å². The number of aliphatic hydroxyl groups excluding tert-OH is 3. The van der Waals surface area contributed by atoms with Gasteiger partial charge in [0, 0.05) is 25.6 Å². The highest BCUT2D eigenvalue weighted by Crippen LogP contribution is 2.68. The minimum absolute atomic E-state index is 0.0121. The Morgan fingerprint density at radius 3 is 2.66 bits per heavy atom. The number of halogens is 1. The predicted octanol–water partition coefficient (Wildman–Crippen LogP) is 3.52. The van der Waals surface area contributed by atoms with Crippen LogP contribution in [0.15, 0.2) is 6.17 Å². The fourth-order valence-electron chi connectivity index (χ4n) is 10.2. The van der Waals surface area contributed by atoms with Gasteiger partial charge in [0.15, 0.2) is 0 Å². The quantitative estimate of drug-likeness (QED) is 0.222. The lowest BCUT2D eigenvalue weighted by Gasteiger charge is -2.63. The van der Waals surface area contributed by atoms with E-state index in [0.29, 0.717) is 38.6 Å². The summed E-state index contributed by atoms with van der Waals surface area (Å²) >= 11 is 0. The van der Waals surface area contributed by atoms with Crippen LogP contribution in [0.3, 0.4) is 0 Å². The van der Waals surface area contributed by atoms with Crippen LogP contribution in [-0.2, 0) is 22.6 Å². The second kappa shape index (κ2) is 13.3. The van der Waals surface area contributed by atoms with Gasteiger partial charge in [-0.25, -0.2) is 4.79 Å². The second-order valence-electron chi connectivity index (χ2n) is 15.0. The van der Waals surface area contributed by atoms with Gasteiger partial charge in [-0.15, -0.1) is 5.10 Å². The van der Waals surface area contributed by atoms with E-state index in [1.54, 1.807) is 0 Å². The molecule has 1 heterocycles. The first-order valence-corrected chi connectivity index (χ1v) is 16.8. The van der Waals surface area contributed by atoms with Crippen molar-refractivity contribution in [3.63, 3.8) is 0 Å². The first kappa shape index (κ1) is 31.9. The van der Waals surface area contributed by atoms with E-state index in [1.807, 2.05) is 0 Å². The van der Waals surface area contributed by atoms with Gasteiger partial charge in [-0.3, -0.25) is 13.9 Å². The number of amides is 1. The fourth-order valence-corrected chi connectivity index (χ4v) is 10.2. The summed E-state index contributed by atoms with van der Waals surface area (Å²) in [7, 11) is 0. The first-order chi connectivity index (χ1) is 21.3. The van der Waals surface area contributed by atoms with Crippen LogP contribution < -0.4 is 5.32 Å². The Labute approximate surface area is 261 Å². The number of alkyl halides is 1. The van der Waals surface area contributed by atoms with Gasteiger partial charge < -0.3 is 25.7 Å². The van der Waals surface area contributed by atoms with E-state index in [4.69, 9.17) is 1.37 Å². The number of aromatic nitrogens is 3. The van der Waals surface area contributed by atoms with E-state index in [9.17, 15) is 34.4 Å². The maximum absolute atomic E-state index is 13.0. The number of hydrogen-bond acceptors (Lipinski definition) is 7. The molecule has 0 aromatic carbocycles. The summed E-state index contributed by atoms with van der Waals surface area (Å²) in [6.45, 7) is 6.48. The number of carbonyl (C=O) groups is 2. The maximum Gasteiger partial charge on any atom is 0.326 e. The zero-order valence-corrected chi connectivity index (χ0v) is 26.5. The van der Waals surface area contributed by atoms with E-state index >= 15 is 0 Å². The topological polar surface area (TPSA) is 158 Å². The summed E-state index contributed by atoms with van der Waals surface area (Å²) in [6.07, 6.45) is 5.70. The Bertz CT molecular complexity index is 1220. The number of aryl methyl sites for hydroxylation is 1. The number of carboxylic acid groups (broad SMARTS) is 1. The summed E-state index contributed by atoms with van der Waals surface area (Å²) in [5.41, 5.74) is -0.196. The van der Waals surface area contributed by atoms with Crippen LogP contribution >= 0.6 is 0 Å². The standard InChI is InChI=1S/C33H53FN4O6/c1-19(6-9-29(42)35-26(31(43)44)16-21-18-38(37-36-21)13-5-4-12-34)23-7-8-24-30-25(17-28(41)33(23,24)3)32(2)11-10-22(39)14-20(32)15-27(30)40/h18-20,22-28,30,39-41H,4-17H2,1-3H3,(H,35,42)(H,43,44)/t19-,20+,22-,23-,24+,25+,26?,27-,28+,30+,32+,33-/m1/s1/i18T. The van der Waals surface area contributed by atoms with Crippen molar-refractivity contribution in [3.05, 3.63) is 11.9 Å². The maximum atomic E-state index is 13.0. The first-order valence-electron chi connectivity index (χ1n) is 17.3. The molecule has 0 radical (unpaired) electrons. The van der Waals surface area contributed by atoms with Gasteiger partial charge >= 0.3 is 5.97 Å². The van der Waals surface area contributed by atoms with Crippen LogP contribution in [0.25, 0.3) is 0 Å². The molecule has 1 amide bonds. The Morgan fingerprint density at radius 1 is 1.16 bits per heavy atom. The molecule has 5 N–H and O–H groups in total. The van der Waals surface area contributed by atoms with E-state index in [-0.39, 0.29) is 83.1 Å². The van der Waals surface area contributed by atoms with Crippen molar-refractivity contribution in [3.8, 4) is 0 Å². The van der Waals surface area contributed by atoms with Crippen molar-refractivity contribution < 1.29 is 35.8 Å². The molecule has 1 unspecified atom stereocenters. The van der Waals surface area contributed by atoms with Crippen LogP contribution in [0.4, 0.5) is 4.39 Å². The van der Waals surface area contributed by atoms with Gasteiger partial charge in [-0.2, -0.15) is 0 Å². The lowest BCUT2D eigenvalue weighted by Crippen LogP contribution is -2.62. The van der Waals surface area contributed by atoms with Gasteiger partial charge in [0.1, 0.15) is 6.04 Å². The Kier molecular flexibility index (Phi) is 9.64. The van der Waals surface area contributed by atoms with Gasteiger partial charge in [0.25, 0.3) is 0 Å². The lowest BCUT2D eigenvalue weighted by atomic mass is 9.43. The number of carboxylic acids is 1. The molecule has 248 valence electrons. The van der Waals surface area contributed by atoms with E-state index < -0.39 is 30.9 Å². The monoisotopic (exact) mass is 622 g/mol. The SMILES string of the molecule is [3H]c1c(CC(NC(=O)CC[C@@H](C)[C@H]2CC[C@H]3[C@@H]4[C@H](O)C[C@@H]5C[C@H](O)CC[C@]5(C)[C@H]4C[C@H](O)[C@]23C)C(=O)O)nnn1CCCCF. The molecule has 0 saturated heterocycles. The average Bonchev–Trinajstić information content (AvgIpc) is 3.52. The summed E-state index contributed by atoms with van der Waals surface area (Å²) in [4.78, 5) is 25.0. The van der Waals surface area contributed by atoms with Crippen LogP contribution in [0, 0.1) is 46.3 Å². The molecule has 44 heavy (non-hydrogen) atoms. The average molecular weight is 623 g/mol. The number of unbranched alkanes of at least 4 members (excludes halogenated alkanes) is 1. The Hall–Kier alpha value is -2.11. The van der Waals surface area contributed by atoms with E-state index in [2.05, 4.69) is 36.4 Å². The zero-order valence-electron chi connectivity index (χ0n) is 27.5. The molecule has 0 spiro atoms. The molecule has 4 fully saturated rings. The second-order valence-corrected chi connectivity index (χ2v) is 15.0. The van der Waals surface area contributed by atoms with Crippen molar-refractivity contribution in [1.82, 2.24) is 20.3 Å². The molecule has 4 aliphatic carbocycles. The summed E-state index contributed by atoms with van der Waals surface area (Å²) < 4.78 is 22.0. The molecule has 1 aromatic rings. The molecule has 0 aliphatic heterocycles. The van der Waals surface area contributed by atoms with Gasteiger partial charge in [0.2, 0.25) is 5.91 Å². The molecule has 11 heteroatoms. The number of fused-ring (bicyclic) bond motifs is 5. The number of nitrogens with zero attached hydrogens (tertiary/aromatic N) is 3. The van der Waals surface area contributed by atoms with E-state index in [1.165, 1.54) is 4.68 Å². The van der Waals surface area contributed by atoms with Crippen LogP contribution in [-0.4, -0.2) is 78.3 Å². The largest absolute Gasteiger partial charge is 0.480 e. The molecule has 4 aliphatic rings. The normalized spacial score (nSPS) is 39.8. The Morgan fingerprint density at radius 2 is 1.93 bits per heavy atom. The molecule has 0 bridgehead atoms. The fraction of sp³-hybridized carbons (Fsp3) is 0.879. The molecule has 10 nitrogen and oxygen atoms in total. The summed E-state index contributed by atoms with van der Waals surface area (Å²) in [6, 6.07) is -1.25. The lowest BCUT2D eigenvalue weighted by molar-refractivity contribution is -0.207. The van der Waals surface area contributed by atoms with Crippen molar-refractivity contribution >= 4 is 11.9 Å². The molecule has 5 rings (SSSR count). The third-order valence-corrected chi connectivity index (χ3v) is 12.7. The van der Waals surface area contributed by atoms with Crippen LogP contribution in [0.5, 0.6) is 0 Å². The highest BCUT2D eigenvalue weighted by Gasteiger charge is 2.65. The molecule has 12 atom stereocenters. The minimum Gasteiger partial charge on any atom is -0.480 e. The van der Waals surface area contributed by atoms with Crippen molar-refractivity contribution in [2.45, 2.75) is 129 Å². The third-order valence-electron chi connectivity index (χ3n) is 12.7. The number of nitrogens with one attached hydrogen (secondary N) is 1. The third kappa shape index (κ3) is 6.30. The highest BCUT2D eigenvalue weighted by atomic mass is 19.1. The predicted molar refractivity (Wildman–Crippen MR) is 161 cm³/mol. The molecular weight excluding hydrogens is 567 g/mol. The summed E-state index contributed by atoms with van der Waals surface area (Å²) in [5.74, 6) is -0.525. The number of hydrogen-bond donors (Lipinski definition) is 5. The number of aliphatic carboxylic acids is 1. The Balaban J connectivity index is 1.20. The van der Waals surface area contributed by atoms with Crippen molar-refractivity contribution in [1.29, 1.82) is 0 Å². The highest BCUT2D eigenvalue weighted by molar-refractivity contribution is 5.83. The smallest absolute Gasteiger partial charge is 0.326 e. The van der Waals surface area contributed by atoms with Crippen molar-refractivity contribution in [2.75, 3.05) is 6.67 Å². The number of aliphatic hydroxyl groups is 3. The van der Waals surface area contributed by atoms with Gasteiger partial charge in [-0.05, 0) is 111 Å². The molecule has 4 saturated carbocycles.